The number of aromatic nitrogens is 3. The highest BCUT2D eigenvalue weighted by Crippen LogP contribution is 2.35. The number of sulfonamides is 1. The number of halogens is 1. The van der Waals surface area contributed by atoms with Gasteiger partial charge in [0.15, 0.2) is 5.13 Å². The molecular weight excluding hydrogens is 426 g/mol. The van der Waals surface area contributed by atoms with Crippen LogP contribution < -0.4 is 10.5 Å². The Morgan fingerprint density at radius 3 is 2.40 bits per heavy atom. The van der Waals surface area contributed by atoms with Crippen molar-refractivity contribution in [2.75, 3.05) is 10.5 Å². The Morgan fingerprint density at radius 1 is 1.16 bits per heavy atom. The number of thiazole rings is 1. The van der Waals surface area contributed by atoms with Crippen molar-refractivity contribution in [2.45, 2.75) is 25.5 Å². The number of nitrogens with two attached hydrogens (primary N) is 1. The van der Waals surface area contributed by atoms with E-state index < -0.39 is 14.8 Å². The van der Waals surface area contributed by atoms with Crippen molar-refractivity contribution < 1.29 is 8.42 Å². The van der Waals surface area contributed by atoms with E-state index in [4.69, 9.17) is 5.73 Å². The normalized spacial score (nSPS) is 12.5. The first kappa shape index (κ1) is 18.0. The summed E-state index contributed by atoms with van der Waals surface area (Å²) in [6.45, 7) is 4.82. The van der Waals surface area contributed by atoms with E-state index in [1.807, 2.05) is 12.1 Å². The lowest BCUT2D eigenvalue weighted by atomic mass is 10.1. The molecule has 1 aromatic carbocycles. The van der Waals surface area contributed by atoms with Gasteiger partial charge in [-0.3, -0.25) is 4.72 Å². The molecule has 0 radical (unpaired) electrons. The zero-order chi connectivity index (χ0) is 18.4. The van der Waals surface area contributed by atoms with E-state index >= 15 is 0 Å². The number of nitrogens with zero attached hydrogens (tertiary/aromatic N) is 3. The van der Waals surface area contributed by atoms with Gasteiger partial charge >= 0.3 is 0 Å². The molecule has 2 heterocycles. The third-order valence-electron chi connectivity index (χ3n) is 3.48. The fourth-order valence-corrected chi connectivity index (χ4v) is 4.04. The third kappa shape index (κ3) is 3.60. The van der Waals surface area contributed by atoms with E-state index in [9.17, 15) is 8.42 Å². The highest BCUT2D eigenvalue weighted by Gasteiger charge is 2.29. The molecule has 0 bridgehead atoms. The highest BCUT2D eigenvalue weighted by atomic mass is 79.9. The third-order valence-corrected chi connectivity index (χ3v) is 7.36. The van der Waals surface area contributed by atoms with Crippen LogP contribution in [-0.4, -0.2) is 28.1 Å². The van der Waals surface area contributed by atoms with Crippen LogP contribution in [0.1, 0.15) is 20.8 Å². The number of fused-ring (bicyclic) bond motifs is 1. The first-order valence-corrected chi connectivity index (χ1v) is 10.4. The summed E-state index contributed by atoms with van der Waals surface area (Å²) < 4.78 is 27.6. The fraction of sp³-hybridized carbons (Fsp3) is 0.267. The Morgan fingerprint density at radius 2 is 1.80 bits per heavy atom. The molecule has 0 aliphatic rings. The molecule has 0 saturated heterocycles. The standard InChI is InChI=1S/C15H16BrN5O2S2/c1-15(2,3)25(22,23)21-14-18-6-9(7-19-14)8-4-10(16)12-11(5-8)20-13(17)24-12/h4-7H,1-3H3,(H2,17,20)(H,18,19,21). The van der Waals surface area contributed by atoms with Gasteiger partial charge in [0.05, 0.1) is 15.0 Å². The van der Waals surface area contributed by atoms with Gasteiger partial charge in [-0.15, -0.1) is 0 Å². The van der Waals surface area contributed by atoms with E-state index in [1.54, 1.807) is 33.2 Å². The monoisotopic (exact) mass is 441 g/mol. The van der Waals surface area contributed by atoms with Crippen LogP contribution >= 0.6 is 27.3 Å². The molecule has 0 fully saturated rings. The van der Waals surface area contributed by atoms with Gasteiger partial charge in [0.1, 0.15) is 0 Å². The molecule has 132 valence electrons. The van der Waals surface area contributed by atoms with Crippen molar-refractivity contribution in [3.8, 4) is 11.1 Å². The molecule has 10 heteroatoms. The fourth-order valence-electron chi connectivity index (χ4n) is 1.98. The lowest BCUT2D eigenvalue weighted by Gasteiger charge is -2.19. The number of anilines is 2. The van der Waals surface area contributed by atoms with Crippen LogP contribution in [0.25, 0.3) is 21.3 Å². The van der Waals surface area contributed by atoms with Crippen molar-refractivity contribution >= 4 is 58.6 Å². The molecule has 0 atom stereocenters. The number of nitrogen functional groups attached to an aromatic ring is 1. The summed E-state index contributed by atoms with van der Waals surface area (Å²) in [6, 6.07) is 3.82. The maximum atomic E-state index is 12.2. The van der Waals surface area contributed by atoms with Gasteiger partial charge in [-0.25, -0.2) is 23.4 Å². The van der Waals surface area contributed by atoms with Crippen LogP contribution in [-0.2, 0) is 10.0 Å². The first-order chi connectivity index (χ1) is 11.6. The second-order valence-electron chi connectivity index (χ2n) is 6.37. The van der Waals surface area contributed by atoms with Gasteiger partial charge in [-0.05, 0) is 54.4 Å². The minimum Gasteiger partial charge on any atom is -0.375 e. The topological polar surface area (TPSA) is 111 Å². The molecule has 0 aliphatic heterocycles. The van der Waals surface area contributed by atoms with Crippen molar-refractivity contribution in [2.24, 2.45) is 0 Å². The van der Waals surface area contributed by atoms with Gasteiger partial charge in [-0.2, -0.15) is 0 Å². The Labute approximate surface area is 157 Å². The molecular formula is C15H16BrN5O2S2. The maximum Gasteiger partial charge on any atom is 0.239 e. The molecule has 25 heavy (non-hydrogen) atoms. The average molecular weight is 442 g/mol. The van der Waals surface area contributed by atoms with Crippen molar-refractivity contribution in [1.29, 1.82) is 0 Å². The highest BCUT2D eigenvalue weighted by molar-refractivity contribution is 9.10. The predicted molar refractivity (Wildman–Crippen MR) is 105 cm³/mol. The number of rotatable bonds is 3. The minimum atomic E-state index is -3.57. The summed E-state index contributed by atoms with van der Waals surface area (Å²) >= 11 is 4.92. The van der Waals surface area contributed by atoms with E-state index in [-0.39, 0.29) is 5.95 Å². The van der Waals surface area contributed by atoms with Gasteiger partial charge < -0.3 is 5.73 Å². The van der Waals surface area contributed by atoms with Gasteiger partial charge in [0, 0.05) is 22.4 Å². The largest absolute Gasteiger partial charge is 0.375 e. The predicted octanol–water partition coefficient (Wildman–Crippen LogP) is 3.64. The molecule has 3 N–H and O–H groups in total. The average Bonchev–Trinajstić information content (AvgIpc) is 2.87. The molecule has 7 nitrogen and oxygen atoms in total. The van der Waals surface area contributed by atoms with Gasteiger partial charge in [0.2, 0.25) is 16.0 Å². The summed E-state index contributed by atoms with van der Waals surface area (Å²) in [5.74, 6) is 0.0386. The van der Waals surface area contributed by atoms with E-state index in [1.165, 1.54) is 11.3 Å². The second kappa shape index (κ2) is 6.19. The Bertz CT molecular complexity index is 1040. The second-order valence-corrected chi connectivity index (χ2v) is 10.7. The summed E-state index contributed by atoms with van der Waals surface area (Å²) in [6.07, 6.45) is 3.13. The molecule has 3 aromatic rings. The van der Waals surface area contributed by atoms with Crippen molar-refractivity contribution in [3.63, 3.8) is 0 Å². The van der Waals surface area contributed by atoms with Crippen LogP contribution in [0, 0.1) is 0 Å². The van der Waals surface area contributed by atoms with Crippen LogP contribution in [0.15, 0.2) is 29.0 Å². The molecule has 0 spiro atoms. The Kier molecular flexibility index (Phi) is 4.46. The zero-order valence-electron chi connectivity index (χ0n) is 13.7. The number of nitrogens with one attached hydrogen (secondary N) is 1. The Hall–Kier alpha value is -1.78. The lowest BCUT2D eigenvalue weighted by Crippen LogP contribution is -2.34. The lowest BCUT2D eigenvalue weighted by molar-refractivity contribution is 0.565. The molecule has 3 rings (SSSR count). The Balaban J connectivity index is 1.93. The van der Waals surface area contributed by atoms with E-state index in [0.717, 1.165) is 25.8 Å². The summed E-state index contributed by atoms with van der Waals surface area (Å²) in [5.41, 5.74) is 8.14. The molecule has 0 amide bonds. The van der Waals surface area contributed by atoms with Crippen LogP contribution in [0.5, 0.6) is 0 Å². The van der Waals surface area contributed by atoms with E-state index in [0.29, 0.717) is 5.13 Å². The van der Waals surface area contributed by atoms with Crippen LogP contribution in [0.2, 0.25) is 0 Å². The van der Waals surface area contributed by atoms with Gasteiger partial charge in [-0.1, -0.05) is 11.3 Å². The molecule has 2 aromatic heterocycles. The summed E-state index contributed by atoms with van der Waals surface area (Å²) in [7, 11) is -3.57. The zero-order valence-corrected chi connectivity index (χ0v) is 17.0. The number of hydrogen-bond donors (Lipinski definition) is 2. The molecule has 0 unspecified atom stereocenters. The summed E-state index contributed by atoms with van der Waals surface area (Å²) in [4.78, 5) is 12.5. The smallest absolute Gasteiger partial charge is 0.239 e. The minimum absolute atomic E-state index is 0.0386. The number of hydrogen-bond acceptors (Lipinski definition) is 7. The van der Waals surface area contributed by atoms with Gasteiger partial charge in [0.25, 0.3) is 0 Å². The maximum absolute atomic E-state index is 12.2. The quantitative estimate of drug-likeness (QED) is 0.641. The van der Waals surface area contributed by atoms with Crippen molar-refractivity contribution in [1.82, 2.24) is 15.0 Å². The molecule has 0 saturated carbocycles. The molecule has 0 aliphatic carbocycles. The number of benzene rings is 1. The SMILES string of the molecule is CC(C)(C)S(=O)(=O)Nc1ncc(-c2cc(Br)c3sc(N)nc3c2)cn1. The van der Waals surface area contributed by atoms with Crippen LogP contribution in [0.4, 0.5) is 11.1 Å². The summed E-state index contributed by atoms with van der Waals surface area (Å²) in [5, 5.41) is 0.496. The first-order valence-electron chi connectivity index (χ1n) is 7.27. The van der Waals surface area contributed by atoms with E-state index in [2.05, 4.69) is 35.6 Å². The van der Waals surface area contributed by atoms with Crippen molar-refractivity contribution in [3.05, 3.63) is 29.0 Å². The van der Waals surface area contributed by atoms with Crippen LogP contribution in [0.3, 0.4) is 0 Å².